The number of para-hydroxylation sites is 1. The number of rotatable bonds is 2. The predicted octanol–water partition coefficient (Wildman–Crippen LogP) is 8.03. The summed E-state index contributed by atoms with van der Waals surface area (Å²) in [6.45, 7) is 4.30. The van der Waals surface area contributed by atoms with Crippen LogP contribution in [-0.4, -0.2) is 10.7 Å². The number of benzene rings is 4. The van der Waals surface area contributed by atoms with Gasteiger partial charge in [-0.15, -0.1) is 0 Å². The molecule has 2 aliphatic rings. The van der Waals surface area contributed by atoms with Gasteiger partial charge in [-0.3, -0.25) is 0 Å². The quantitative estimate of drug-likeness (QED) is 0.271. The largest absolute Gasteiger partial charge is 0.485 e. The Morgan fingerprint density at radius 3 is 2.44 bits per heavy atom. The van der Waals surface area contributed by atoms with Crippen LogP contribution in [0.1, 0.15) is 22.6 Å². The van der Waals surface area contributed by atoms with Crippen molar-refractivity contribution < 1.29 is 4.74 Å². The van der Waals surface area contributed by atoms with Gasteiger partial charge >= 0.3 is 0 Å². The third-order valence-corrected chi connectivity index (χ3v) is 7.23. The van der Waals surface area contributed by atoms with Crippen LogP contribution in [0.2, 0.25) is 0 Å². The smallest absolute Gasteiger partial charge is 0.128 e. The minimum Gasteiger partial charge on any atom is -0.485 e. The molecule has 0 saturated heterocycles. The maximum atomic E-state index is 6.34. The van der Waals surface area contributed by atoms with Crippen molar-refractivity contribution in [1.82, 2.24) is 4.57 Å². The van der Waals surface area contributed by atoms with Gasteiger partial charge in [-0.05, 0) is 73.5 Å². The molecule has 0 fully saturated rings. The molecule has 2 nitrogen and oxygen atoms in total. The molecular formula is C32H25NO. The third-order valence-electron chi connectivity index (χ3n) is 7.23. The SMILES string of the molecule is Cc1cccc(-c2ccc3c(c2)C2C=C(n4c5ccccc5c5cc(C)ccc54)C=CC2O3)c1. The molecule has 1 aliphatic heterocycles. The van der Waals surface area contributed by atoms with E-state index in [0.29, 0.717) is 0 Å². The van der Waals surface area contributed by atoms with E-state index in [0.717, 1.165) is 5.75 Å². The van der Waals surface area contributed by atoms with Crippen LogP contribution in [0.15, 0.2) is 103 Å². The lowest BCUT2D eigenvalue weighted by Crippen LogP contribution is -2.18. The Hall–Kier alpha value is -4.04. The van der Waals surface area contributed by atoms with Gasteiger partial charge in [-0.25, -0.2) is 0 Å². The highest BCUT2D eigenvalue weighted by molar-refractivity contribution is 6.10. The molecule has 4 aromatic carbocycles. The molecule has 1 aliphatic carbocycles. The van der Waals surface area contributed by atoms with Crippen molar-refractivity contribution >= 4 is 27.5 Å². The van der Waals surface area contributed by atoms with E-state index in [1.54, 1.807) is 0 Å². The maximum Gasteiger partial charge on any atom is 0.128 e. The standard InChI is InChI=1S/C32H25NO/c1-20-6-5-7-22(16-20)23-11-14-31-27(18-23)28-19-24(12-15-32(28)34-31)33-29-9-4-3-8-25(29)26-17-21(2)10-13-30(26)33/h3-19,28,32H,1-2H3. The molecular weight excluding hydrogens is 414 g/mol. The van der Waals surface area contributed by atoms with Crippen LogP contribution in [0.3, 0.4) is 0 Å². The van der Waals surface area contributed by atoms with Crippen molar-refractivity contribution in [2.75, 3.05) is 0 Å². The molecule has 0 radical (unpaired) electrons. The number of hydrogen-bond donors (Lipinski definition) is 0. The second-order valence-electron chi connectivity index (χ2n) is 9.55. The van der Waals surface area contributed by atoms with Gasteiger partial charge in [0.1, 0.15) is 11.9 Å². The molecule has 2 heterocycles. The highest BCUT2D eigenvalue weighted by Gasteiger charge is 2.34. The number of aryl methyl sites for hydroxylation is 2. The zero-order valence-corrected chi connectivity index (χ0v) is 19.3. The first-order valence-corrected chi connectivity index (χ1v) is 11.9. The lowest BCUT2D eigenvalue weighted by molar-refractivity contribution is 0.269. The van der Waals surface area contributed by atoms with E-state index >= 15 is 0 Å². The molecule has 0 spiro atoms. The highest BCUT2D eigenvalue weighted by Crippen LogP contribution is 2.45. The van der Waals surface area contributed by atoms with Gasteiger partial charge in [0.25, 0.3) is 0 Å². The fourth-order valence-electron chi connectivity index (χ4n) is 5.61. The Bertz CT molecular complexity index is 1670. The van der Waals surface area contributed by atoms with Crippen molar-refractivity contribution in [1.29, 1.82) is 0 Å². The van der Waals surface area contributed by atoms with Gasteiger partial charge in [-0.1, -0.05) is 65.7 Å². The fraction of sp³-hybridized carbons (Fsp3) is 0.125. The van der Waals surface area contributed by atoms with E-state index in [2.05, 4.69) is 122 Å². The summed E-state index contributed by atoms with van der Waals surface area (Å²) < 4.78 is 8.74. The molecule has 164 valence electrons. The summed E-state index contributed by atoms with van der Waals surface area (Å²) in [7, 11) is 0. The van der Waals surface area contributed by atoms with Crippen LogP contribution in [0.5, 0.6) is 5.75 Å². The van der Waals surface area contributed by atoms with Crippen molar-refractivity contribution in [3.05, 3.63) is 120 Å². The van der Waals surface area contributed by atoms with Gasteiger partial charge < -0.3 is 9.30 Å². The molecule has 7 rings (SSSR count). The van der Waals surface area contributed by atoms with Crippen LogP contribution >= 0.6 is 0 Å². The normalized spacial score (nSPS) is 18.6. The van der Waals surface area contributed by atoms with Gasteiger partial charge in [0, 0.05) is 28.0 Å². The number of ether oxygens (including phenoxy) is 1. The summed E-state index contributed by atoms with van der Waals surface area (Å²) in [4.78, 5) is 0. The fourth-order valence-corrected chi connectivity index (χ4v) is 5.61. The minimum absolute atomic E-state index is 0.0434. The number of aromatic nitrogens is 1. The van der Waals surface area contributed by atoms with E-state index in [1.165, 1.54) is 55.3 Å². The third kappa shape index (κ3) is 2.88. The second kappa shape index (κ2) is 7.23. The van der Waals surface area contributed by atoms with Gasteiger partial charge in [-0.2, -0.15) is 0 Å². The molecule has 2 atom stereocenters. The molecule has 0 saturated carbocycles. The number of allylic oxidation sites excluding steroid dienone is 2. The number of fused-ring (bicyclic) bond motifs is 6. The first-order valence-electron chi connectivity index (χ1n) is 11.9. The van der Waals surface area contributed by atoms with Crippen LogP contribution in [0.4, 0.5) is 0 Å². The predicted molar refractivity (Wildman–Crippen MR) is 141 cm³/mol. The average molecular weight is 440 g/mol. The summed E-state index contributed by atoms with van der Waals surface area (Å²) >= 11 is 0. The van der Waals surface area contributed by atoms with E-state index in [1.807, 2.05) is 0 Å². The van der Waals surface area contributed by atoms with E-state index < -0.39 is 0 Å². The van der Waals surface area contributed by atoms with E-state index in [9.17, 15) is 0 Å². The topological polar surface area (TPSA) is 14.2 Å². The maximum absolute atomic E-state index is 6.34. The van der Waals surface area contributed by atoms with Crippen LogP contribution < -0.4 is 4.74 Å². The lowest BCUT2D eigenvalue weighted by Gasteiger charge is -2.20. The van der Waals surface area contributed by atoms with Gasteiger partial charge in [0.05, 0.1) is 11.0 Å². The zero-order chi connectivity index (χ0) is 22.8. The van der Waals surface area contributed by atoms with Crippen molar-refractivity contribution in [2.24, 2.45) is 0 Å². The molecule has 0 bridgehead atoms. The summed E-state index contributed by atoms with van der Waals surface area (Å²) in [5.41, 5.74) is 10.0. The van der Waals surface area contributed by atoms with Gasteiger partial charge in [0.2, 0.25) is 0 Å². The molecule has 2 heteroatoms. The van der Waals surface area contributed by atoms with Crippen LogP contribution in [-0.2, 0) is 0 Å². The Labute approximate surface area is 199 Å². The Morgan fingerprint density at radius 1 is 0.706 bits per heavy atom. The average Bonchev–Trinajstić information content (AvgIpc) is 3.38. The van der Waals surface area contributed by atoms with Crippen molar-refractivity contribution in [2.45, 2.75) is 25.9 Å². The molecule has 34 heavy (non-hydrogen) atoms. The van der Waals surface area contributed by atoms with Gasteiger partial charge in [0.15, 0.2) is 0 Å². The zero-order valence-electron chi connectivity index (χ0n) is 19.3. The molecule has 5 aromatic rings. The molecule has 1 aromatic heterocycles. The Kier molecular flexibility index (Phi) is 4.13. The van der Waals surface area contributed by atoms with Crippen molar-refractivity contribution in [3.8, 4) is 16.9 Å². The summed E-state index contributed by atoms with van der Waals surface area (Å²) in [6, 6.07) is 30.8. The summed E-state index contributed by atoms with van der Waals surface area (Å²) in [5.74, 6) is 1.19. The van der Waals surface area contributed by atoms with E-state index in [4.69, 9.17) is 4.74 Å². The van der Waals surface area contributed by atoms with Crippen molar-refractivity contribution in [3.63, 3.8) is 0 Å². The van der Waals surface area contributed by atoms with Crippen LogP contribution in [0.25, 0.3) is 38.6 Å². The number of hydrogen-bond acceptors (Lipinski definition) is 1. The summed E-state index contributed by atoms with van der Waals surface area (Å²) in [6.07, 6.45) is 6.88. The first kappa shape index (κ1) is 19.4. The lowest BCUT2D eigenvalue weighted by atomic mass is 9.89. The molecule has 0 amide bonds. The Morgan fingerprint density at radius 2 is 1.53 bits per heavy atom. The molecule has 2 unspecified atom stereocenters. The summed E-state index contributed by atoms with van der Waals surface area (Å²) in [5, 5.41) is 2.60. The Balaban J connectivity index is 1.39. The second-order valence-corrected chi connectivity index (χ2v) is 9.55. The highest BCUT2D eigenvalue weighted by atomic mass is 16.5. The number of nitrogens with zero attached hydrogens (tertiary/aromatic N) is 1. The monoisotopic (exact) mass is 439 g/mol. The molecule has 0 N–H and O–H groups in total. The first-order chi connectivity index (χ1) is 16.7. The van der Waals surface area contributed by atoms with Crippen LogP contribution in [0, 0.1) is 13.8 Å². The van der Waals surface area contributed by atoms with E-state index in [-0.39, 0.29) is 12.0 Å². The minimum atomic E-state index is 0.0434.